The number of aromatic nitrogens is 3. The molecule has 0 saturated heterocycles. The lowest BCUT2D eigenvalue weighted by Gasteiger charge is -2.01. The summed E-state index contributed by atoms with van der Waals surface area (Å²) in [5.41, 5.74) is 8.38. The molecule has 2 N–H and O–H groups in total. The monoisotopic (exact) mass is 260 g/mol. The van der Waals surface area contributed by atoms with Crippen molar-refractivity contribution in [1.29, 1.82) is 0 Å². The molecule has 0 aliphatic carbocycles. The molecule has 88 valence electrons. The van der Waals surface area contributed by atoms with Crippen LogP contribution in [0.1, 0.15) is 11.4 Å². The van der Waals surface area contributed by atoms with Crippen LogP contribution in [-0.4, -0.2) is 15.0 Å². The normalized spacial score (nSPS) is 9.12. The Morgan fingerprint density at radius 1 is 1.19 bits per heavy atom. The average molecular weight is 261 g/mol. The van der Waals surface area contributed by atoms with Crippen LogP contribution >= 0.6 is 24.8 Å². The van der Waals surface area contributed by atoms with Crippen molar-refractivity contribution < 1.29 is 0 Å². The van der Waals surface area contributed by atoms with Crippen molar-refractivity contribution in [3.05, 3.63) is 41.7 Å². The molecule has 2 aromatic rings. The molecule has 0 spiro atoms. The summed E-state index contributed by atoms with van der Waals surface area (Å²) in [6.45, 7) is 2.40. The largest absolute Gasteiger partial charge is 0.325 e. The summed E-state index contributed by atoms with van der Waals surface area (Å²) in [7, 11) is 0. The molecule has 6 heteroatoms. The Bertz CT molecular complexity index is 428. The summed E-state index contributed by atoms with van der Waals surface area (Å²) in [6, 6.07) is 9.89. The molecule has 1 aromatic heterocycles. The van der Waals surface area contributed by atoms with Crippen LogP contribution in [0.5, 0.6) is 0 Å². The Labute approximate surface area is 107 Å². The number of para-hydroxylation sites is 1. The van der Waals surface area contributed by atoms with Gasteiger partial charge in [-0.25, -0.2) is 4.68 Å². The second-order valence-corrected chi connectivity index (χ2v) is 3.07. The molecule has 0 aliphatic heterocycles. The van der Waals surface area contributed by atoms with Crippen molar-refractivity contribution in [3.63, 3.8) is 0 Å². The van der Waals surface area contributed by atoms with Crippen LogP contribution in [0.3, 0.4) is 0 Å². The number of rotatable bonds is 2. The summed E-state index contributed by atoms with van der Waals surface area (Å²) in [4.78, 5) is 0. The molecule has 16 heavy (non-hydrogen) atoms. The fraction of sp³-hybridized carbons (Fsp3) is 0.200. The maximum Gasteiger partial charge on any atom is 0.0996 e. The zero-order valence-corrected chi connectivity index (χ0v) is 10.5. The molecule has 1 heterocycles. The van der Waals surface area contributed by atoms with Crippen LogP contribution in [0.15, 0.2) is 30.3 Å². The van der Waals surface area contributed by atoms with Gasteiger partial charge in [-0.1, -0.05) is 23.4 Å². The van der Waals surface area contributed by atoms with Crippen molar-refractivity contribution in [2.45, 2.75) is 13.5 Å². The van der Waals surface area contributed by atoms with Gasteiger partial charge in [-0.2, -0.15) is 0 Å². The van der Waals surface area contributed by atoms with Gasteiger partial charge in [0.1, 0.15) is 0 Å². The van der Waals surface area contributed by atoms with Crippen molar-refractivity contribution in [2.24, 2.45) is 5.73 Å². The highest BCUT2D eigenvalue weighted by atomic mass is 35.5. The third kappa shape index (κ3) is 2.72. The average Bonchev–Trinajstić information content (AvgIpc) is 2.61. The second kappa shape index (κ2) is 6.48. The molecular formula is C10H14Cl2N4. The maximum absolute atomic E-state index is 5.53. The van der Waals surface area contributed by atoms with Gasteiger partial charge in [-0.05, 0) is 19.1 Å². The SMILES string of the molecule is Cc1c(CN)nnn1-c1ccccc1.Cl.Cl. The van der Waals surface area contributed by atoms with Crippen molar-refractivity contribution in [2.75, 3.05) is 0 Å². The smallest absolute Gasteiger partial charge is 0.0996 e. The van der Waals surface area contributed by atoms with E-state index >= 15 is 0 Å². The molecular weight excluding hydrogens is 247 g/mol. The zero-order chi connectivity index (χ0) is 9.97. The lowest BCUT2D eigenvalue weighted by Crippen LogP contribution is -2.01. The molecule has 0 amide bonds. The third-order valence-electron chi connectivity index (χ3n) is 2.18. The van der Waals surface area contributed by atoms with Crippen LogP contribution in [0.2, 0.25) is 0 Å². The first-order valence-electron chi connectivity index (χ1n) is 4.49. The van der Waals surface area contributed by atoms with Gasteiger partial charge < -0.3 is 5.73 Å². The van der Waals surface area contributed by atoms with Gasteiger partial charge in [0, 0.05) is 6.54 Å². The molecule has 0 aliphatic rings. The predicted molar refractivity (Wildman–Crippen MR) is 68.5 cm³/mol. The maximum atomic E-state index is 5.53. The first-order chi connectivity index (χ1) is 6.83. The number of nitrogens with two attached hydrogens (primary N) is 1. The summed E-state index contributed by atoms with van der Waals surface area (Å²) in [6.07, 6.45) is 0. The number of hydrogen-bond acceptors (Lipinski definition) is 3. The van der Waals surface area contributed by atoms with Crippen molar-refractivity contribution in [1.82, 2.24) is 15.0 Å². The minimum absolute atomic E-state index is 0. The Morgan fingerprint density at radius 2 is 1.81 bits per heavy atom. The predicted octanol–water partition coefficient (Wildman–Crippen LogP) is 1.88. The Hall–Kier alpha value is -1.10. The molecule has 0 radical (unpaired) electrons. The Kier molecular flexibility index (Phi) is 6.03. The molecule has 4 nitrogen and oxygen atoms in total. The van der Waals surface area contributed by atoms with E-state index in [1.165, 1.54) is 0 Å². The molecule has 0 fully saturated rings. The standard InChI is InChI=1S/C10H12N4.2ClH/c1-8-10(7-11)12-13-14(8)9-5-3-2-4-6-9;;/h2-6H,7,11H2,1H3;2*1H. The lowest BCUT2D eigenvalue weighted by atomic mass is 10.3. The summed E-state index contributed by atoms with van der Waals surface area (Å²) < 4.78 is 1.79. The van der Waals surface area contributed by atoms with E-state index in [-0.39, 0.29) is 24.8 Å². The van der Waals surface area contributed by atoms with Crippen molar-refractivity contribution >= 4 is 24.8 Å². The first kappa shape index (κ1) is 14.9. The van der Waals surface area contributed by atoms with E-state index in [1.54, 1.807) is 4.68 Å². The molecule has 0 atom stereocenters. The van der Waals surface area contributed by atoms with Gasteiger partial charge in [-0.3, -0.25) is 0 Å². The molecule has 1 aromatic carbocycles. The van der Waals surface area contributed by atoms with Crippen LogP contribution in [0.25, 0.3) is 5.69 Å². The van der Waals surface area contributed by atoms with Gasteiger partial charge >= 0.3 is 0 Å². The van der Waals surface area contributed by atoms with Gasteiger partial charge in [0.15, 0.2) is 0 Å². The minimum Gasteiger partial charge on any atom is -0.325 e. The Morgan fingerprint density at radius 3 is 2.31 bits per heavy atom. The van der Waals surface area contributed by atoms with E-state index in [2.05, 4.69) is 10.3 Å². The van der Waals surface area contributed by atoms with Crippen molar-refractivity contribution in [3.8, 4) is 5.69 Å². The first-order valence-corrected chi connectivity index (χ1v) is 4.49. The zero-order valence-electron chi connectivity index (χ0n) is 8.83. The fourth-order valence-electron chi connectivity index (χ4n) is 1.36. The highest BCUT2D eigenvalue weighted by molar-refractivity contribution is 5.85. The molecule has 0 unspecified atom stereocenters. The van der Waals surface area contributed by atoms with Crippen LogP contribution in [-0.2, 0) is 6.54 Å². The van der Waals surface area contributed by atoms with Crippen LogP contribution in [0, 0.1) is 6.92 Å². The molecule has 0 bridgehead atoms. The van der Waals surface area contributed by atoms with E-state index in [9.17, 15) is 0 Å². The number of halogens is 2. The third-order valence-corrected chi connectivity index (χ3v) is 2.18. The lowest BCUT2D eigenvalue weighted by molar-refractivity contribution is 0.783. The highest BCUT2D eigenvalue weighted by Gasteiger charge is 2.07. The fourth-order valence-corrected chi connectivity index (χ4v) is 1.36. The minimum atomic E-state index is 0. The van der Waals surface area contributed by atoms with E-state index in [4.69, 9.17) is 5.73 Å². The number of benzene rings is 1. The second-order valence-electron chi connectivity index (χ2n) is 3.07. The highest BCUT2D eigenvalue weighted by Crippen LogP contribution is 2.10. The van der Waals surface area contributed by atoms with E-state index < -0.39 is 0 Å². The molecule has 2 rings (SSSR count). The summed E-state index contributed by atoms with van der Waals surface area (Å²) >= 11 is 0. The topological polar surface area (TPSA) is 56.7 Å². The quantitative estimate of drug-likeness (QED) is 0.897. The van der Waals surface area contributed by atoms with Crippen LogP contribution in [0.4, 0.5) is 0 Å². The van der Waals surface area contributed by atoms with E-state index in [0.29, 0.717) is 6.54 Å². The van der Waals surface area contributed by atoms with Gasteiger partial charge in [0.25, 0.3) is 0 Å². The van der Waals surface area contributed by atoms with Crippen LogP contribution < -0.4 is 5.73 Å². The van der Waals surface area contributed by atoms with E-state index in [0.717, 1.165) is 17.1 Å². The summed E-state index contributed by atoms with van der Waals surface area (Å²) in [5, 5.41) is 8.04. The number of nitrogens with zero attached hydrogens (tertiary/aromatic N) is 3. The van der Waals surface area contributed by atoms with Gasteiger partial charge in [-0.15, -0.1) is 29.9 Å². The van der Waals surface area contributed by atoms with E-state index in [1.807, 2.05) is 37.3 Å². The number of hydrogen-bond donors (Lipinski definition) is 1. The van der Waals surface area contributed by atoms with Gasteiger partial charge in [0.2, 0.25) is 0 Å². The van der Waals surface area contributed by atoms with Gasteiger partial charge in [0.05, 0.1) is 17.1 Å². The molecule has 0 saturated carbocycles. The Balaban J connectivity index is 0.00000112. The summed E-state index contributed by atoms with van der Waals surface area (Å²) in [5.74, 6) is 0.